The lowest BCUT2D eigenvalue weighted by atomic mass is 9.80. The van der Waals surface area contributed by atoms with Gasteiger partial charge >= 0.3 is 11.9 Å². The van der Waals surface area contributed by atoms with Crippen molar-refractivity contribution in [2.24, 2.45) is 11.8 Å². The Balaban J connectivity index is 2.20. The van der Waals surface area contributed by atoms with Crippen molar-refractivity contribution in [2.45, 2.75) is 32.6 Å². The molecule has 96 valence electrons. The Morgan fingerprint density at radius 1 is 1.24 bits per heavy atom. The van der Waals surface area contributed by atoms with Crippen molar-refractivity contribution in [2.75, 3.05) is 13.2 Å². The Bertz CT molecular complexity index is 285. The predicted molar refractivity (Wildman–Crippen MR) is 63.2 cm³/mol. The molecule has 0 N–H and O–H groups in total. The van der Waals surface area contributed by atoms with Crippen molar-refractivity contribution in [3.8, 4) is 0 Å². The monoisotopic (exact) mass is 240 g/mol. The van der Waals surface area contributed by atoms with E-state index < -0.39 is 5.97 Å². The number of ether oxygens (including phenoxy) is 2. The van der Waals surface area contributed by atoms with Crippen LogP contribution in [0.3, 0.4) is 0 Å². The molecule has 1 rings (SSSR count). The second-order valence-corrected chi connectivity index (χ2v) is 4.41. The zero-order valence-corrected chi connectivity index (χ0v) is 10.3. The van der Waals surface area contributed by atoms with Crippen molar-refractivity contribution in [1.29, 1.82) is 0 Å². The van der Waals surface area contributed by atoms with E-state index in [4.69, 9.17) is 9.47 Å². The first-order valence-corrected chi connectivity index (χ1v) is 6.11. The number of rotatable bonds is 5. The van der Waals surface area contributed by atoms with Gasteiger partial charge in [-0.2, -0.15) is 0 Å². The molecule has 0 aromatic heterocycles. The molecule has 17 heavy (non-hydrogen) atoms. The van der Waals surface area contributed by atoms with Crippen LogP contribution < -0.4 is 0 Å². The van der Waals surface area contributed by atoms with Gasteiger partial charge in [0.2, 0.25) is 0 Å². The molecule has 0 aromatic rings. The molecule has 1 aliphatic carbocycles. The van der Waals surface area contributed by atoms with Gasteiger partial charge < -0.3 is 9.47 Å². The number of esters is 2. The first-order valence-electron chi connectivity index (χ1n) is 6.11. The van der Waals surface area contributed by atoms with Gasteiger partial charge in [0.05, 0.1) is 5.92 Å². The minimum atomic E-state index is -0.493. The second-order valence-electron chi connectivity index (χ2n) is 4.41. The summed E-state index contributed by atoms with van der Waals surface area (Å²) in [6, 6.07) is 0. The van der Waals surface area contributed by atoms with Crippen LogP contribution in [0.5, 0.6) is 0 Å². The summed E-state index contributed by atoms with van der Waals surface area (Å²) >= 11 is 0. The van der Waals surface area contributed by atoms with Gasteiger partial charge in [0.1, 0.15) is 13.2 Å². The van der Waals surface area contributed by atoms with Crippen molar-refractivity contribution < 1.29 is 19.1 Å². The highest BCUT2D eigenvalue weighted by atomic mass is 16.6. The van der Waals surface area contributed by atoms with Crippen molar-refractivity contribution in [3.63, 3.8) is 0 Å². The smallest absolute Gasteiger partial charge is 0.330 e. The zero-order chi connectivity index (χ0) is 12.7. The minimum Gasteiger partial charge on any atom is -0.462 e. The van der Waals surface area contributed by atoms with E-state index in [0.29, 0.717) is 5.92 Å². The average Bonchev–Trinajstić information content (AvgIpc) is 2.34. The van der Waals surface area contributed by atoms with E-state index in [1.54, 1.807) is 0 Å². The highest BCUT2D eigenvalue weighted by molar-refractivity contribution is 5.81. The van der Waals surface area contributed by atoms with Gasteiger partial charge in [0.15, 0.2) is 0 Å². The number of hydrogen-bond acceptors (Lipinski definition) is 4. The van der Waals surface area contributed by atoms with E-state index in [0.717, 1.165) is 25.3 Å². The van der Waals surface area contributed by atoms with Gasteiger partial charge in [-0.3, -0.25) is 4.79 Å². The van der Waals surface area contributed by atoms with E-state index in [1.807, 2.05) is 0 Å². The van der Waals surface area contributed by atoms with Crippen LogP contribution in [-0.4, -0.2) is 25.2 Å². The molecule has 0 aromatic carbocycles. The minimum absolute atomic E-state index is 0.0128. The Kier molecular flexibility index (Phi) is 5.73. The average molecular weight is 240 g/mol. The third kappa shape index (κ3) is 4.59. The molecule has 2 unspecified atom stereocenters. The maximum absolute atomic E-state index is 11.7. The molecule has 0 heterocycles. The van der Waals surface area contributed by atoms with E-state index in [1.165, 1.54) is 6.42 Å². The van der Waals surface area contributed by atoms with Gasteiger partial charge in [0, 0.05) is 6.08 Å². The lowest BCUT2D eigenvalue weighted by Crippen LogP contribution is -2.28. The zero-order valence-electron chi connectivity index (χ0n) is 10.3. The van der Waals surface area contributed by atoms with Crippen LogP contribution in [0.4, 0.5) is 0 Å². The molecule has 0 saturated heterocycles. The summed E-state index contributed by atoms with van der Waals surface area (Å²) in [7, 11) is 0. The third-order valence-corrected chi connectivity index (χ3v) is 3.15. The van der Waals surface area contributed by atoms with E-state index in [-0.39, 0.29) is 25.1 Å². The number of carbonyl (C=O) groups excluding carboxylic acids is 2. The Labute approximate surface area is 102 Å². The molecule has 0 radical (unpaired) electrons. The molecule has 0 bridgehead atoms. The maximum Gasteiger partial charge on any atom is 0.330 e. The first kappa shape index (κ1) is 13.7. The summed E-state index contributed by atoms with van der Waals surface area (Å²) in [6.07, 6.45) is 5.38. The number of hydrogen-bond donors (Lipinski definition) is 0. The molecule has 1 fully saturated rings. The molecular formula is C13H20O4. The van der Waals surface area contributed by atoms with Crippen LogP contribution >= 0.6 is 0 Å². The highest BCUT2D eigenvalue weighted by Gasteiger charge is 2.28. The van der Waals surface area contributed by atoms with Crippen molar-refractivity contribution >= 4 is 11.9 Å². The van der Waals surface area contributed by atoms with Gasteiger partial charge in [-0.1, -0.05) is 26.3 Å². The third-order valence-electron chi connectivity index (χ3n) is 3.15. The summed E-state index contributed by atoms with van der Waals surface area (Å²) < 4.78 is 9.82. The van der Waals surface area contributed by atoms with Crippen molar-refractivity contribution in [3.05, 3.63) is 12.7 Å². The first-order chi connectivity index (χ1) is 8.15. The van der Waals surface area contributed by atoms with Crippen LogP contribution in [0.25, 0.3) is 0 Å². The Morgan fingerprint density at radius 3 is 2.53 bits per heavy atom. The van der Waals surface area contributed by atoms with Crippen LogP contribution in [0.1, 0.15) is 32.6 Å². The van der Waals surface area contributed by atoms with Gasteiger partial charge in [-0.15, -0.1) is 0 Å². The summed E-state index contributed by atoms with van der Waals surface area (Å²) in [5.41, 5.74) is 0. The highest BCUT2D eigenvalue weighted by Crippen LogP contribution is 2.30. The van der Waals surface area contributed by atoms with Crippen LogP contribution in [-0.2, 0) is 19.1 Å². The largest absolute Gasteiger partial charge is 0.462 e. The molecule has 1 saturated carbocycles. The standard InChI is InChI=1S/C13H20O4/c1-3-12(14)16-8-9-17-13(15)11-7-5-4-6-10(11)2/h3,10-11H,1,4-9H2,2H3. The van der Waals surface area contributed by atoms with Gasteiger partial charge in [-0.05, 0) is 18.8 Å². The second kappa shape index (κ2) is 7.09. The van der Waals surface area contributed by atoms with E-state index >= 15 is 0 Å². The summed E-state index contributed by atoms with van der Waals surface area (Å²) in [5, 5.41) is 0. The van der Waals surface area contributed by atoms with Crippen LogP contribution in [0.2, 0.25) is 0 Å². The lowest BCUT2D eigenvalue weighted by molar-refractivity contribution is -0.155. The molecule has 1 aliphatic rings. The van der Waals surface area contributed by atoms with Gasteiger partial charge in [0.25, 0.3) is 0 Å². The summed E-state index contributed by atoms with van der Waals surface area (Å²) in [5.74, 6) is -0.246. The normalized spacial score (nSPS) is 23.8. The van der Waals surface area contributed by atoms with Crippen LogP contribution in [0, 0.1) is 11.8 Å². The Hall–Kier alpha value is -1.32. The fourth-order valence-corrected chi connectivity index (χ4v) is 2.12. The van der Waals surface area contributed by atoms with Crippen molar-refractivity contribution in [1.82, 2.24) is 0 Å². The summed E-state index contributed by atoms with van der Waals surface area (Å²) in [6.45, 7) is 5.58. The molecule has 0 aliphatic heterocycles. The Morgan fingerprint density at radius 2 is 1.88 bits per heavy atom. The molecule has 0 amide bonds. The van der Waals surface area contributed by atoms with Gasteiger partial charge in [-0.25, -0.2) is 4.79 Å². The molecule has 0 spiro atoms. The van der Waals surface area contributed by atoms with E-state index in [2.05, 4.69) is 13.5 Å². The van der Waals surface area contributed by atoms with Crippen LogP contribution in [0.15, 0.2) is 12.7 Å². The molecular weight excluding hydrogens is 220 g/mol. The fraction of sp³-hybridized carbons (Fsp3) is 0.692. The number of carbonyl (C=O) groups is 2. The van der Waals surface area contributed by atoms with E-state index in [9.17, 15) is 9.59 Å². The molecule has 2 atom stereocenters. The summed E-state index contributed by atoms with van der Waals surface area (Å²) in [4.78, 5) is 22.5. The maximum atomic E-state index is 11.7. The molecule has 4 heteroatoms. The lowest BCUT2D eigenvalue weighted by Gasteiger charge is -2.26. The topological polar surface area (TPSA) is 52.6 Å². The molecule has 4 nitrogen and oxygen atoms in total. The quantitative estimate of drug-likeness (QED) is 0.419. The fourth-order valence-electron chi connectivity index (χ4n) is 2.12. The SMILES string of the molecule is C=CC(=O)OCCOC(=O)C1CCCCC1C. The predicted octanol–water partition coefficient (Wildman–Crippen LogP) is 2.09.